The molecule has 1 heterocycles. The number of nitrogens with one attached hydrogen (secondary N) is 2. The zero-order valence-electron chi connectivity index (χ0n) is 10.3. The van der Waals surface area contributed by atoms with Gasteiger partial charge in [-0.05, 0) is 13.3 Å². The fraction of sp³-hybridized carbons (Fsp3) is 0.667. The van der Waals surface area contributed by atoms with Crippen molar-refractivity contribution in [3.63, 3.8) is 0 Å². The van der Waals surface area contributed by atoms with Crippen LogP contribution in [0.4, 0.5) is 5.13 Å². The van der Waals surface area contributed by atoms with E-state index in [0.717, 1.165) is 0 Å². The van der Waals surface area contributed by atoms with E-state index in [1.54, 1.807) is 0 Å². The number of hydrogen-bond donors (Lipinski definition) is 2. The third kappa shape index (κ3) is 5.41. The Balaban J connectivity index is 2.36. The van der Waals surface area contributed by atoms with Gasteiger partial charge >= 0.3 is 0 Å². The number of nitrogens with zero attached hydrogens (tertiary/aromatic N) is 2. The minimum Gasteiger partial charge on any atom is -0.360 e. The number of amides is 1. The second-order valence-electron chi connectivity index (χ2n) is 3.68. The molecule has 0 radical (unpaired) electrons. The highest BCUT2D eigenvalue weighted by Gasteiger charge is 2.12. The molecule has 0 spiro atoms. The molecule has 1 rings (SSSR count). The molecule has 0 unspecified atom stereocenters. The largest absolute Gasteiger partial charge is 0.360 e. The summed E-state index contributed by atoms with van der Waals surface area (Å²) in [6.45, 7) is 2.94. The Morgan fingerprint density at radius 1 is 1.39 bits per heavy atom. The molecule has 0 aliphatic carbocycles. The Morgan fingerprint density at radius 2 is 2.11 bits per heavy atom. The first-order valence-corrected chi connectivity index (χ1v) is 8.33. The Bertz CT molecular complexity index is 498. The first-order chi connectivity index (χ1) is 8.42. The molecule has 0 aromatic carbocycles. The number of carbonyl (C=O) groups excluding carboxylic acids is 1. The summed E-state index contributed by atoms with van der Waals surface area (Å²) in [5.41, 5.74) is 0. The SMILES string of the molecule is CCNc1nnc(C(=O)NCCCS(C)(=O)=O)s1. The van der Waals surface area contributed by atoms with Crippen molar-refractivity contribution in [2.75, 3.05) is 30.4 Å². The van der Waals surface area contributed by atoms with Gasteiger partial charge in [-0.25, -0.2) is 8.42 Å². The molecule has 0 saturated heterocycles. The van der Waals surface area contributed by atoms with Crippen molar-refractivity contribution in [1.29, 1.82) is 0 Å². The normalized spacial score (nSPS) is 11.2. The topological polar surface area (TPSA) is 101 Å². The molecular weight excluding hydrogens is 276 g/mol. The molecule has 0 aliphatic heterocycles. The van der Waals surface area contributed by atoms with Gasteiger partial charge in [-0.3, -0.25) is 4.79 Å². The lowest BCUT2D eigenvalue weighted by Crippen LogP contribution is -2.25. The van der Waals surface area contributed by atoms with E-state index in [2.05, 4.69) is 20.8 Å². The van der Waals surface area contributed by atoms with Crippen molar-refractivity contribution in [1.82, 2.24) is 15.5 Å². The van der Waals surface area contributed by atoms with Crippen molar-refractivity contribution in [3.8, 4) is 0 Å². The van der Waals surface area contributed by atoms with Crippen molar-refractivity contribution in [2.45, 2.75) is 13.3 Å². The third-order valence-corrected chi connectivity index (χ3v) is 3.83. The number of carbonyl (C=O) groups is 1. The Morgan fingerprint density at radius 3 is 2.72 bits per heavy atom. The maximum absolute atomic E-state index is 11.6. The van der Waals surface area contributed by atoms with Crippen molar-refractivity contribution in [3.05, 3.63) is 5.01 Å². The van der Waals surface area contributed by atoms with Gasteiger partial charge in [0.25, 0.3) is 5.91 Å². The minimum atomic E-state index is -2.98. The number of anilines is 1. The van der Waals surface area contributed by atoms with Crippen LogP contribution in [0.1, 0.15) is 23.1 Å². The zero-order valence-corrected chi connectivity index (χ0v) is 11.9. The lowest BCUT2D eigenvalue weighted by atomic mass is 10.4. The summed E-state index contributed by atoms with van der Waals surface area (Å²) in [5, 5.41) is 14.0. The van der Waals surface area contributed by atoms with Crippen LogP contribution in [0.25, 0.3) is 0 Å². The lowest BCUT2D eigenvalue weighted by molar-refractivity contribution is 0.0952. The van der Waals surface area contributed by atoms with E-state index in [9.17, 15) is 13.2 Å². The van der Waals surface area contributed by atoms with Crippen LogP contribution in [0.2, 0.25) is 0 Å². The standard InChI is InChI=1S/C9H16N4O3S2/c1-3-10-9-13-12-8(17-9)7(14)11-5-4-6-18(2,15)16/h3-6H2,1-2H3,(H,10,13)(H,11,14). The fourth-order valence-electron chi connectivity index (χ4n) is 1.15. The average Bonchev–Trinajstić information content (AvgIpc) is 2.72. The quantitative estimate of drug-likeness (QED) is 0.693. The van der Waals surface area contributed by atoms with Crippen LogP contribution in [0.15, 0.2) is 0 Å². The minimum absolute atomic E-state index is 0.0615. The van der Waals surface area contributed by atoms with Crippen LogP contribution in [0.3, 0.4) is 0 Å². The summed E-state index contributed by atoms with van der Waals surface area (Å²) in [4.78, 5) is 11.6. The van der Waals surface area contributed by atoms with Gasteiger partial charge in [-0.2, -0.15) is 0 Å². The van der Waals surface area contributed by atoms with Gasteiger partial charge in [0, 0.05) is 19.3 Å². The van der Waals surface area contributed by atoms with E-state index < -0.39 is 9.84 Å². The molecule has 0 bridgehead atoms. The predicted octanol–water partition coefficient (Wildman–Crippen LogP) is 0.134. The molecule has 7 nitrogen and oxygen atoms in total. The Kier molecular flexibility index (Phi) is 5.48. The van der Waals surface area contributed by atoms with Crippen LogP contribution >= 0.6 is 11.3 Å². The smallest absolute Gasteiger partial charge is 0.282 e. The van der Waals surface area contributed by atoms with Gasteiger partial charge in [0.1, 0.15) is 9.84 Å². The summed E-state index contributed by atoms with van der Waals surface area (Å²) in [6, 6.07) is 0. The average molecular weight is 292 g/mol. The van der Waals surface area contributed by atoms with Gasteiger partial charge in [-0.15, -0.1) is 10.2 Å². The van der Waals surface area contributed by atoms with Crippen molar-refractivity contribution >= 4 is 32.2 Å². The van der Waals surface area contributed by atoms with Crippen molar-refractivity contribution < 1.29 is 13.2 Å². The second kappa shape index (κ2) is 6.64. The van der Waals surface area contributed by atoms with Gasteiger partial charge in [0.15, 0.2) is 0 Å². The predicted molar refractivity (Wildman–Crippen MR) is 70.7 cm³/mol. The maximum atomic E-state index is 11.6. The highest BCUT2D eigenvalue weighted by atomic mass is 32.2. The number of sulfone groups is 1. The molecule has 0 atom stereocenters. The molecule has 0 aliphatic rings. The first kappa shape index (κ1) is 14.8. The lowest BCUT2D eigenvalue weighted by Gasteiger charge is -2.01. The first-order valence-electron chi connectivity index (χ1n) is 5.45. The van der Waals surface area contributed by atoms with Gasteiger partial charge in [0.2, 0.25) is 10.1 Å². The number of hydrogen-bond acceptors (Lipinski definition) is 7. The highest BCUT2D eigenvalue weighted by molar-refractivity contribution is 7.90. The molecule has 1 amide bonds. The molecule has 9 heteroatoms. The Hall–Kier alpha value is -1.22. The summed E-state index contributed by atoms with van der Waals surface area (Å²) < 4.78 is 21.8. The molecule has 18 heavy (non-hydrogen) atoms. The van der Waals surface area contributed by atoms with E-state index in [1.165, 1.54) is 17.6 Å². The number of aromatic nitrogens is 2. The van der Waals surface area contributed by atoms with Gasteiger partial charge in [-0.1, -0.05) is 11.3 Å². The van der Waals surface area contributed by atoms with E-state index >= 15 is 0 Å². The van der Waals surface area contributed by atoms with Crippen LogP contribution in [-0.4, -0.2) is 49.6 Å². The summed E-state index contributed by atoms with van der Waals surface area (Å²) in [6.07, 6.45) is 1.56. The van der Waals surface area contributed by atoms with Crippen LogP contribution in [-0.2, 0) is 9.84 Å². The van der Waals surface area contributed by atoms with E-state index in [0.29, 0.717) is 24.6 Å². The van der Waals surface area contributed by atoms with Crippen LogP contribution in [0.5, 0.6) is 0 Å². The van der Waals surface area contributed by atoms with Gasteiger partial charge < -0.3 is 10.6 Å². The molecule has 0 saturated carbocycles. The van der Waals surface area contributed by atoms with E-state index in [1.807, 2.05) is 6.92 Å². The summed E-state index contributed by atoms with van der Waals surface area (Å²) in [5.74, 6) is -0.267. The zero-order chi connectivity index (χ0) is 13.6. The highest BCUT2D eigenvalue weighted by Crippen LogP contribution is 2.14. The van der Waals surface area contributed by atoms with Crippen LogP contribution < -0.4 is 10.6 Å². The third-order valence-electron chi connectivity index (χ3n) is 1.92. The van der Waals surface area contributed by atoms with E-state index in [-0.39, 0.29) is 16.7 Å². The molecule has 102 valence electrons. The Labute approximate surface area is 110 Å². The maximum Gasteiger partial charge on any atom is 0.282 e. The fourth-order valence-corrected chi connectivity index (χ4v) is 2.55. The number of rotatable bonds is 7. The summed E-state index contributed by atoms with van der Waals surface area (Å²) in [7, 11) is -2.98. The van der Waals surface area contributed by atoms with Crippen LogP contribution in [0, 0.1) is 0 Å². The monoisotopic (exact) mass is 292 g/mol. The van der Waals surface area contributed by atoms with Gasteiger partial charge in [0.05, 0.1) is 5.75 Å². The molecule has 0 fully saturated rings. The van der Waals surface area contributed by atoms with Crippen molar-refractivity contribution in [2.24, 2.45) is 0 Å². The molecule has 1 aromatic rings. The molecule has 1 aromatic heterocycles. The van der Waals surface area contributed by atoms with E-state index in [4.69, 9.17) is 0 Å². The molecular formula is C9H16N4O3S2. The molecule has 2 N–H and O–H groups in total. The second-order valence-corrected chi connectivity index (χ2v) is 6.92. The summed E-state index contributed by atoms with van der Waals surface area (Å²) >= 11 is 1.17.